The number of carbonyl (C=O) groups excluding carboxylic acids is 4. The van der Waals surface area contributed by atoms with Crippen molar-refractivity contribution in [3.05, 3.63) is 35.9 Å². The van der Waals surface area contributed by atoms with Crippen molar-refractivity contribution >= 4 is 29.7 Å². The van der Waals surface area contributed by atoms with Crippen molar-refractivity contribution in [2.75, 3.05) is 6.67 Å². The fraction of sp³-hybridized carbons (Fsp3) is 0.476. The highest BCUT2D eigenvalue weighted by Gasteiger charge is 2.43. The zero-order chi connectivity index (χ0) is 24.5. The molecule has 0 aromatic heterocycles. The Morgan fingerprint density at radius 2 is 1.62 bits per heavy atom. The van der Waals surface area contributed by atoms with Crippen molar-refractivity contribution in [1.82, 2.24) is 16.0 Å². The van der Waals surface area contributed by atoms with E-state index in [2.05, 4.69) is 10.6 Å². The second-order valence-corrected chi connectivity index (χ2v) is 7.63. The molecule has 1 aromatic rings. The van der Waals surface area contributed by atoms with Crippen molar-refractivity contribution < 1.29 is 38.2 Å². The number of ether oxygens (including phenoxy) is 1. The van der Waals surface area contributed by atoms with Crippen LogP contribution in [0.25, 0.3) is 0 Å². The first-order chi connectivity index (χ1) is 14.9. The lowest BCUT2D eigenvalue weighted by molar-refractivity contribution is -0.152. The van der Waals surface area contributed by atoms with Gasteiger partial charge in [0.15, 0.2) is 18.0 Å². The summed E-state index contributed by atoms with van der Waals surface area (Å²) in [4.78, 5) is 60.0. The Balaban J connectivity index is 2.73. The number of alkyl halides is 1. The topological polar surface area (TPSA) is 151 Å². The number of ketones is 1. The molecule has 11 heteroatoms. The number of aliphatic carboxylic acids is 1. The molecule has 0 spiro atoms. The molecule has 10 nitrogen and oxygen atoms in total. The van der Waals surface area contributed by atoms with Gasteiger partial charge < -0.3 is 25.8 Å². The number of benzene rings is 1. The highest BCUT2D eigenvalue weighted by atomic mass is 19.1. The number of amides is 3. The van der Waals surface area contributed by atoms with E-state index >= 15 is 0 Å². The van der Waals surface area contributed by atoms with Crippen LogP contribution in [-0.4, -0.2) is 59.1 Å². The Labute approximate surface area is 184 Å². The molecule has 1 rings (SSSR count). The maximum absolute atomic E-state index is 12.7. The van der Waals surface area contributed by atoms with E-state index in [1.807, 2.05) is 11.4 Å². The van der Waals surface area contributed by atoms with Crippen molar-refractivity contribution in [3.63, 3.8) is 0 Å². The van der Waals surface area contributed by atoms with Crippen molar-refractivity contribution in [2.24, 2.45) is 5.92 Å². The summed E-state index contributed by atoms with van der Waals surface area (Å²) >= 11 is 0. The average Bonchev–Trinajstić information content (AvgIpc) is 2.75. The summed E-state index contributed by atoms with van der Waals surface area (Å²) in [5.74, 6) is -5.21. The number of halogens is 1. The van der Waals surface area contributed by atoms with Gasteiger partial charge in [-0.25, -0.2) is 14.0 Å². The molecule has 0 unspecified atom stereocenters. The van der Waals surface area contributed by atoms with Crippen LogP contribution < -0.4 is 16.0 Å². The van der Waals surface area contributed by atoms with E-state index in [1.54, 1.807) is 38.1 Å². The average molecular weight is 453 g/mol. The molecule has 0 saturated heterocycles. The van der Waals surface area contributed by atoms with E-state index in [0.29, 0.717) is 0 Å². The maximum atomic E-state index is 12.7. The lowest BCUT2D eigenvalue weighted by atomic mass is 9.96. The first-order valence-electron chi connectivity index (χ1n) is 9.84. The summed E-state index contributed by atoms with van der Waals surface area (Å²) in [7, 11) is 0. The molecule has 4 N–H and O–H groups in total. The second-order valence-electron chi connectivity index (χ2n) is 7.63. The van der Waals surface area contributed by atoms with Crippen LogP contribution >= 0.6 is 0 Å². The van der Waals surface area contributed by atoms with Gasteiger partial charge in [-0.3, -0.25) is 14.4 Å². The molecule has 0 aliphatic rings. The Morgan fingerprint density at radius 3 is 2.12 bits per heavy atom. The van der Waals surface area contributed by atoms with Gasteiger partial charge in [0.05, 0.1) is 0 Å². The monoisotopic (exact) mass is 453 g/mol. The third-order valence-electron chi connectivity index (χ3n) is 4.67. The van der Waals surface area contributed by atoms with Gasteiger partial charge in [0.1, 0.15) is 18.7 Å². The zero-order valence-corrected chi connectivity index (χ0v) is 18.3. The third-order valence-corrected chi connectivity index (χ3v) is 4.67. The van der Waals surface area contributed by atoms with Crippen LogP contribution in [0.15, 0.2) is 30.3 Å². The summed E-state index contributed by atoms with van der Waals surface area (Å²) in [6, 6.07) is 6.56. The summed E-state index contributed by atoms with van der Waals surface area (Å²) < 4.78 is 17.8. The number of nitrogens with one attached hydrogen (secondary N) is 3. The van der Waals surface area contributed by atoms with Gasteiger partial charge in [-0.1, -0.05) is 44.2 Å². The predicted octanol–water partition coefficient (Wildman–Crippen LogP) is 0.940. The minimum Gasteiger partial charge on any atom is -0.479 e. The molecular formula is C21H28FN3O7. The van der Waals surface area contributed by atoms with E-state index in [0.717, 1.165) is 12.5 Å². The standard InChI is InChI=1S/C21H28FN3O7/c1-12(2)16(24-20(31)32-11-14-8-6-5-7-9-14)18(28)23-13(3)17(27)25-21(4,19(29)30)15(26)10-22/h5-9,12-13,16H,10-11H2,1-4H3,(H,23,28)(H,24,31)(H,25,27)(H,29,30)/t13-,16-,21+/m0/s1. The number of Topliss-reactive ketones (excluding diaryl/α,β-unsaturated/α-hetero) is 1. The van der Waals surface area contributed by atoms with Gasteiger partial charge in [0.25, 0.3) is 0 Å². The van der Waals surface area contributed by atoms with Crippen LogP contribution in [0.1, 0.15) is 33.3 Å². The second kappa shape index (κ2) is 11.8. The predicted molar refractivity (Wildman–Crippen MR) is 111 cm³/mol. The Kier molecular flexibility index (Phi) is 9.76. The van der Waals surface area contributed by atoms with Crippen LogP contribution in [0.5, 0.6) is 0 Å². The van der Waals surface area contributed by atoms with Crippen molar-refractivity contribution in [1.29, 1.82) is 0 Å². The highest BCUT2D eigenvalue weighted by molar-refractivity contribution is 6.10. The Hall–Kier alpha value is -3.50. The first kappa shape index (κ1) is 26.5. The number of alkyl carbamates (subject to hydrolysis) is 1. The molecule has 176 valence electrons. The molecule has 32 heavy (non-hydrogen) atoms. The van der Waals surface area contributed by atoms with E-state index in [4.69, 9.17) is 4.74 Å². The number of rotatable bonds is 11. The molecule has 0 aliphatic heterocycles. The minimum atomic E-state index is -2.48. The third kappa shape index (κ3) is 7.33. The van der Waals surface area contributed by atoms with Gasteiger partial charge in [-0.15, -0.1) is 0 Å². The normalized spacial score (nSPS) is 14.4. The molecule has 0 radical (unpaired) electrons. The molecular weight excluding hydrogens is 425 g/mol. The number of carbonyl (C=O) groups is 5. The van der Waals surface area contributed by atoms with Gasteiger partial charge in [0, 0.05) is 0 Å². The van der Waals surface area contributed by atoms with Gasteiger partial charge >= 0.3 is 12.1 Å². The fourth-order valence-electron chi connectivity index (χ4n) is 2.53. The van der Waals surface area contributed by atoms with Crippen LogP contribution in [0, 0.1) is 5.92 Å². The van der Waals surface area contributed by atoms with Crippen LogP contribution in [0.4, 0.5) is 9.18 Å². The molecule has 0 fully saturated rings. The quantitative estimate of drug-likeness (QED) is 0.364. The Bertz CT molecular complexity index is 847. The summed E-state index contributed by atoms with van der Waals surface area (Å²) in [6.45, 7) is 3.83. The van der Waals surface area contributed by atoms with Crippen molar-refractivity contribution in [2.45, 2.75) is 51.9 Å². The smallest absolute Gasteiger partial charge is 0.408 e. The molecule has 0 heterocycles. The molecule has 0 bridgehead atoms. The molecule has 3 atom stereocenters. The van der Waals surface area contributed by atoms with Crippen molar-refractivity contribution in [3.8, 4) is 0 Å². The molecule has 0 aliphatic carbocycles. The molecule has 3 amide bonds. The fourth-order valence-corrected chi connectivity index (χ4v) is 2.53. The minimum absolute atomic E-state index is 0.00567. The highest BCUT2D eigenvalue weighted by Crippen LogP contribution is 2.09. The molecule has 0 saturated carbocycles. The van der Waals surface area contributed by atoms with Gasteiger partial charge in [-0.2, -0.15) is 0 Å². The SMILES string of the molecule is CC(C)[C@H](NC(=O)OCc1ccccc1)C(=O)N[C@@H](C)C(=O)N[C@@](C)(C(=O)O)C(=O)CF. The lowest BCUT2D eigenvalue weighted by Gasteiger charge is -2.27. The number of hydrogen-bond acceptors (Lipinski definition) is 6. The largest absolute Gasteiger partial charge is 0.479 e. The summed E-state index contributed by atoms with van der Waals surface area (Å²) in [5.41, 5.74) is -1.73. The number of hydrogen-bond donors (Lipinski definition) is 4. The zero-order valence-electron chi connectivity index (χ0n) is 18.3. The summed E-state index contributed by atoms with van der Waals surface area (Å²) in [6.07, 6.45) is -0.841. The Morgan fingerprint density at radius 1 is 1.03 bits per heavy atom. The number of carboxylic acids is 1. The maximum Gasteiger partial charge on any atom is 0.408 e. The lowest BCUT2D eigenvalue weighted by Crippen LogP contribution is -2.62. The van der Waals surface area contributed by atoms with Crippen LogP contribution in [-0.2, 0) is 30.5 Å². The van der Waals surface area contributed by atoms with E-state index in [-0.39, 0.29) is 12.5 Å². The van der Waals surface area contributed by atoms with E-state index in [1.165, 1.54) is 6.92 Å². The number of carboxylic acid groups (broad SMARTS) is 1. The van der Waals surface area contributed by atoms with Crippen LogP contribution in [0.3, 0.4) is 0 Å². The van der Waals surface area contributed by atoms with Gasteiger partial charge in [-0.05, 0) is 25.3 Å². The van der Waals surface area contributed by atoms with Crippen LogP contribution in [0.2, 0.25) is 0 Å². The van der Waals surface area contributed by atoms with E-state index in [9.17, 15) is 33.5 Å². The first-order valence-corrected chi connectivity index (χ1v) is 9.84. The van der Waals surface area contributed by atoms with Gasteiger partial charge in [0.2, 0.25) is 11.8 Å². The molecule has 1 aromatic carbocycles. The summed E-state index contributed by atoms with van der Waals surface area (Å²) in [5, 5.41) is 15.9. The van der Waals surface area contributed by atoms with E-state index < -0.39 is 54.0 Å².